The van der Waals surface area contributed by atoms with Crippen molar-refractivity contribution in [2.75, 3.05) is 32.5 Å². The number of hydrogen-bond acceptors (Lipinski definition) is 2. The van der Waals surface area contributed by atoms with E-state index in [9.17, 15) is 0 Å². The minimum absolute atomic E-state index is 1.13. The molecule has 0 amide bonds. The van der Waals surface area contributed by atoms with E-state index in [4.69, 9.17) is 0 Å². The first-order valence-corrected chi connectivity index (χ1v) is 6.26. The fourth-order valence-corrected chi connectivity index (χ4v) is 2.28. The van der Waals surface area contributed by atoms with Gasteiger partial charge in [-0.05, 0) is 63.5 Å². The smallest absolute Gasteiger partial charge is 0.0372 e. The van der Waals surface area contributed by atoms with Gasteiger partial charge in [0, 0.05) is 12.2 Å². The van der Waals surface area contributed by atoms with Crippen LogP contribution in [0, 0.1) is 0 Å². The van der Waals surface area contributed by atoms with E-state index in [1.165, 1.54) is 49.0 Å². The topological polar surface area (TPSA) is 15.3 Å². The Bertz CT molecular complexity index is 345. The molecule has 0 bridgehead atoms. The molecule has 1 heterocycles. The van der Waals surface area contributed by atoms with Gasteiger partial charge < -0.3 is 10.2 Å². The molecule has 0 aliphatic carbocycles. The fraction of sp³-hybridized carbons (Fsp3) is 0.571. The van der Waals surface area contributed by atoms with Crippen LogP contribution in [-0.2, 0) is 12.8 Å². The van der Waals surface area contributed by atoms with Crippen LogP contribution in [-0.4, -0.2) is 32.1 Å². The molecule has 0 spiro atoms. The second-order valence-corrected chi connectivity index (χ2v) is 4.93. The summed E-state index contributed by atoms with van der Waals surface area (Å²) in [5.74, 6) is 0. The number of aryl methyl sites for hydroxylation is 2. The number of nitrogens with one attached hydrogen (secondary N) is 1. The Morgan fingerprint density at radius 3 is 3.00 bits per heavy atom. The van der Waals surface area contributed by atoms with E-state index < -0.39 is 0 Å². The predicted octanol–water partition coefficient (Wildman–Crippen LogP) is 2.54. The molecule has 0 fully saturated rings. The van der Waals surface area contributed by atoms with E-state index in [0.29, 0.717) is 0 Å². The van der Waals surface area contributed by atoms with Crippen LogP contribution in [0.3, 0.4) is 0 Å². The SMILES string of the molecule is CN(C)CCCc1ccc2c(c1)CCCN2. The number of nitrogens with zero attached hydrogens (tertiary/aromatic N) is 1. The lowest BCUT2D eigenvalue weighted by Gasteiger charge is -2.18. The van der Waals surface area contributed by atoms with E-state index in [1.807, 2.05) is 0 Å². The van der Waals surface area contributed by atoms with Gasteiger partial charge in [0.2, 0.25) is 0 Å². The molecule has 0 unspecified atom stereocenters. The first-order chi connectivity index (χ1) is 7.75. The summed E-state index contributed by atoms with van der Waals surface area (Å²) in [6, 6.07) is 6.91. The van der Waals surface area contributed by atoms with Crippen molar-refractivity contribution in [3.63, 3.8) is 0 Å². The third-order valence-corrected chi connectivity index (χ3v) is 3.18. The number of anilines is 1. The largest absolute Gasteiger partial charge is 0.385 e. The van der Waals surface area contributed by atoms with Crippen LogP contribution in [0.4, 0.5) is 5.69 Å². The molecule has 1 aromatic carbocycles. The van der Waals surface area contributed by atoms with Crippen molar-refractivity contribution >= 4 is 5.69 Å². The highest BCUT2D eigenvalue weighted by Crippen LogP contribution is 2.23. The van der Waals surface area contributed by atoms with E-state index >= 15 is 0 Å². The maximum Gasteiger partial charge on any atom is 0.0372 e. The molecule has 0 aromatic heterocycles. The Hall–Kier alpha value is -1.02. The van der Waals surface area contributed by atoms with Crippen molar-refractivity contribution < 1.29 is 0 Å². The summed E-state index contributed by atoms with van der Waals surface area (Å²) in [5, 5.41) is 3.46. The summed E-state index contributed by atoms with van der Waals surface area (Å²) in [6.45, 7) is 2.31. The van der Waals surface area contributed by atoms with Gasteiger partial charge in [-0.1, -0.05) is 12.1 Å². The maximum atomic E-state index is 3.46. The average molecular weight is 218 g/mol. The second-order valence-electron chi connectivity index (χ2n) is 4.93. The van der Waals surface area contributed by atoms with Gasteiger partial charge in [0.15, 0.2) is 0 Å². The van der Waals surface area contributed by atoms with Crippen LogP contribution in [0.5, 0.6) is 0 Å². The average Bonchev–Trinajstić information content (AvgIpc) is 2.28. The van der Waals surface area contributed by atoms with Crippen molar-refractivity contribution in [2.24, 2.45) is 0 Å². The van der Waals surface area contributed by atoms with E-state index in [0.717, 1.165) is 6.54 Å². The van der Waals surface area contributed by atoms with Crippen molar-refractivity contribution in [1.29, 1.82) is 0 Å². The molecule has 1 aromatic rings. The molecule has 1 N–H and O–H groups in total. The summed E-state index contributed by atoms with van der Waals surface area (Å²) in [5.41, 5.74) is 4.35. The van der Waals surface area contributed by atoms with Crippen molar-refractivity contribution in [2.45, 2.75) is 25.7 Å². The molecule has 16 heavy (non-hydrogen) atoms. The van der Waals surface area contributed by atoms with E-state index in [-0.39, 0.29) is 0 Å². The highest BCUT2D eigenvalue weighted by atomic mass is 15.0. The molecule has 88 valence electrons. The third kappa shape index (κ3) is 2.99. The Morgan fingerprint density at radius 2 is 2.19 bits per heavy atom. The standard InChI is InChI=1S/C14H22N2/c1-16(2)10-4-5-12-7-8-14-13(11-12)6-3-9-15-14/h7-8,11,15H,3-6,9-10H2,1-2H3. The molecule has 1 aliphatic heterocycles. The first-order valence-electron chi connectivity index (χ1n) is 6.26. The Kier molecular flexibility index (Phi) is 3.83. The number of fused-ring (bicyclic) bond motifs is 1. The Balaban J connectivity index is 1.95. The Morgan fingerprint density at radius 1 is 1.31 bits per heavy atom. The molecule has 0 atom stereocenters. The first kappa shape index (κ1) is 11.5. The van der Waals surface area contributed by atoms with Crippen molar-refractivity contribution in [3.05, 3.63) is 29.3 Å². The van der Waals surface area contributed by atoms with Gasteiger partial charge in [-0.3, -0.25) is 0 Å². The summed E-state index contributed by atoms with van der Waals surface area (Å²) in [7, 11) is 4.27. The molecular formula is C14H22N2. The van der Waals surface area contributed by atoms with Crippen LogP contribution < -0.4 is 5.32 Å². The molecule has 2 nitrogen and oxygen atoms in total. The lowest BCUT2D eigenvalue weighted by atomic mass is 9.99. The molecule has 2 heteroatoms. The fourth-order valence-electron chi connectivity index (χ4n) is 2.28. The summed E-state index contributed by atoms with van der Waals surface area (Å²) in [6.07, 6.45) is 4.96. The molecule has 2 rings (SSSR count). The van der Waals surface area contributed by atoms with Gasteiger partial charge in [0.25, 0.3) is 0 Å². The van der Waals surface area contributed by atoms with Gasteiger partial charge in [0.05, 0.1) is 0 Å². The predicted molar refractivity (Wildman–Crippen MR) is 70.1 cm³/mol. The maximum absolute atomic E-state index is 3.46. The minimum atomic E-state index is 1.13. The summed E-state index contributed by atoms with van der Waals surface area (Å²) in [4.78, 5) is 2.25. The van der Waals surface area contributed by atoms with Gasteiger partial charge in [-0.25, -0.2) is 0 Å². The monoisotopic (exact) mass is 218 g/mol. The van der Waals surface area contributed by atoms with Crippen LogP contribution in [0.15, 0.2) is 18.2 Å². The molecular weight excluding hydrogens is 196 g/mol. The summed E-state index contributed by atoms with van der Waals surface area (Å²) >= 11 is 0. The lowest BCUT2D eigenvalue weighted by Crippen LogP contribution is -2.14. The number of hydrogen-bond donors (Lipinski definition) is 1. The lowest BCUT2D eigenvalue weighted by molar-refractivity contribution is 0.400. The zero-order valence-electron chi connectivity index (χ0n) is 10.4. The third-order valence-electron chi connectivity index (χ3n) is 3.18. The van der Waals surface area contributed by atoms with Gasteiger partial charge in [-0.2, -0.15) is 0 Å². The number of benzene rings is 1. The highest BCUT2D eigenvalue weighted by molar-refractivity contribution is 5.54. The van der Waals surface area contributed by atoms with Gasteiger partial charge in [-0.15, -0.1) is 0 Å². The van der Waals surface area contributed by atoms with Crippen molar-refractivity contribution in [3.8, 4) is 0 Å². The normalized spacial score (nSPS) is 14.7. The van der Waals surface area contributed by atoms with Crippen LogP contribution >= 0.6 is 0 Å². The van der Waals surface area contributed by atoms with E-state index in [1.54, 1.807) is 0 Å². The molecule has 0 saturated heterocycles. The Labute approximate surface area is 98.7 Å². The molecule has 0 saturated carbocycles. The van der Waals surface area contributed by atoms with Crippen LogP contribution in [0.25, 0.3) is 0 Å². The highest BCUT2D eigenvalue weighted by Gasteiger charge is 2.08. The zero-order chi connectivity index (χ0) is 11.4. The van der Waals surface area contributed by atoms with E-state index in [2.05, 4.69) is 42.5 Å². The van der Waals surface area contributed by atoms with Gasteiger partial charge in [0.1, 0.15) is 0 Å². The molecule has 1 aliphatic rings. The summed E-state index contributed by atoms with van der Waals surface area (Å²) < 4.78 is 0. The second kappa shape index (κ2) is 5.35. The quantitative estimate of drug-likeness (QED) is 0.835. The van der Waals surface area contributed by atoms with Crippen LogP contribution in [0.2, 0.25) is 0 Å². The van der Waals surface area contributed by atoms with Crippen LogP contribution in [0.1, 0.15) is 24.0 Å². The minimum Gasteiger partial charge on any atom is -0.385 e. The zero-order valence-corrected chi connectivity index (χ0v) is 10.4. The molecule has 0 radical (unpaired) electrons. The number of rotatable bonds is 4. The van der Waals surface area contributed by atoms with Crippen molar-refractivity contribution in [1.82, 2.24) is 4.90 Å². The van der Waals surface area contributed by atoms with Gasteiger partial charge >= 0.3 is 0 Å².